The van der Waals surface area contributed by atoms with Crippen molar-refractivity contribution in [2.45, 2.75) is 25.9 Å². The van der Waals surface area contributed by atoms with E-state index in [0.29, 0.717) is 42.8 Å². The lowest BCUT2D eigenvalue weighted by Gasteiger charge is -2.42. The molecule has 7 nitrogen and oxygen atoms in total. The molecular formula is C30H29N3O4S. The Hall–Kier alpha value is -4.09. The number of hydrogen-bond donors (Lipinski definition) is 0. The molecule has 2 aliphatic heterocycles. The van der Waals surface area contributed by atoms with Crippen LogP contribution in [-0.2, 0) is 11.4 Å². The summed E-state index contributed by atoms with van der Waals surface area (Å²) in [5.41, 5.74) is 3.45. The number of carbonyl (C=O) groups is 1. The van der Waals surface area contributed by atoms with E-state index in [4.69, 9.17) is 14.2 Å². The number of carbonyl (C=O) groups excluding carboxylic acids is 1. The standard InChI is InChI=1S/C30H29N3O4S/c1-3-36-26-12-8-7-11-25(26)32-19-33-29(34)16-23(24(17-31)30(33)38-20-32)22-13-14-27(28(15-22)35-2)37-18-21-9-5-4-6-10-21/h4-15,23H,3,16,18-20H2,1-2H3. The van der Waals surface area contributed by atoms with E-state index in [-0.39, 0.29) is 18.2 Å². The molecule has 194 valence electrons. The van der Waals surface area contributed by atoms with Crippen LogP contribution in [0.4, 0.5) is 5.69 Å². The van der Waals surface area contributed by atoms with Crippen LogP contribution in [0.25, 0.3) is 0 Å². The molecule has 5 rings (SSSR count). The van der Waals surface area contributed by atoms with Crippen LogP contribution in [0.2, 0.25) is 0 Å². The molecule has 38 heavy (non-hydrogen) atoms. The third-order valence-corrected chi connectivity index (χ3v) is 7.78. The van der Waals surface area contributed by atoms with Crippen molar-refractivity contribution in [3.63, 3.8) is 0 Å². The summed E-state index contributed by atoms with van der Waals surface area (Å²) in [6.07, 6.45) is 0.210. The van der Waals surface area contributed by atoms with Crippen molar-refractivity contribution in [3.8, 4) is 23.3 Å². The third kappa shape index (κ3) is 5.15. The van der Waals surface area contributed by atoms with E-state index in [1.807, 2.05) is 79.7 Å². The van der Waals surface area contributed by atoms with Crippen LogP contribution in [0, 0.1) is 11.3 Å². The molecule has 2 aliphatic rings. The number of anilines is 1. The molecule has 3 aromatic rings. The van der Waals surface area contributed by atoms with Crippen LogP contribution >= 0.6 is 11.8 Å². The molecule has 0 bridgehead atoms. The Labute approximate surface area is 227 Å². The molecule has 0 spiro atoms. The molecule has 1 fully saturated rings. The number of ether oxygens (including phenoxy) is 3. The molecule has 0 radical (unpaired) electrons. The SMILES string of the molecule is CCOc1ccccc1N1CSC2=C(C#N)C(c3ccc(OCc4ccccc4)c(OC)c3)CC(=O)N2C1. The van der Waals surface area contributed by atoms with E-state index in [1.165, 1.54) is 11.8 Å². The summed E-state index contributed by atoms with van der Waals surface area (Å²) in [5, 5.41) is 10.9. The fourth-order valence-electron chi connectivity index (χ4n) is 4.75. The number of fused-ring (bicyclic) bond motifs is 1. The highest BCUT2D eigenvalue weighted by Crippen LogP contribution is 2.45. The number of nitriles is 1. The number of nitrogens with zero attached hydrogens (tertiary/aromatic N) is 3. The van der Waals surface area contributed by atoms with Gasteiger partial charge in [0.1, 0.15) is 12.4 Å². The second-order valence-corrected chi connectivity index (χ2v) is 9.88. The lowest BCUT2D eigenvalue weighted by molar-refractivity contribution is -0.129. The molecule has 0 N–H and O–H groups in total. The van der Waals surface area contributed by atoms with E-state index in [1.54, 1.807) is 12.0 Å². The van der Waals surface area contributed by atoms with Crippen LogP contribution in [-0.4, -0.2) is 37.1 Å². The first kappa shape index (κ1) is 25.6. The Morgan fingerprint density at radius 1 is 1.00 bits per heavy atom. The van der Waals surface area contributed by atoms with Gasteiger partial charge in [-0.15, -0.1) is 0 Å². The normalized spacial score (nSPS) is 17.1. The molecule has 8 heteroatoms. The number of allylic oxidation sites excluding steroid dienone is 1. The van der Waals surface area contributed by atoms with E-state index < -0.39 is 0 Å². The van der Waals surface area contributed by atoms with Crippen molar-refractivity contribution in [2.24, 2.45) is 0 Å². The summed E-state index contributed by atoms with van der Waals surface area (Å²) in [5.74, 6) is 2.23. The van der Waals surface area contributed by atoms with Crippen molar-refractivity contribution < 1.29 is 19.0 Å². The van der Waals surface area contributed by atoms with Gasteiger partial charge >= 0.3 is 0 Å². The van der Waals surface area contributed by atoms with Gasteiger partial charge in [-0.1, -0.05) is 60.3 Å². The highest BCUT2D eigenvalue weighted by Gasteiger charge is 2.39. The summed E-state index contributed by atoms with van der Waals surface area (Å²) >= 11 is 1.51. The van der Waals surface area contributed by atoms with Gasteiger partial charge in [0.05, 0.1) is 48.6 Å². The Morgan fingerprint density at radius 2 is 1.79 bits per heavy atom. The molecule has 1 amide bonds. The number of para-hydroxylation sites is 2. The number of hydrogen-bond acceptors (Lipinski definition) is 7. The van der Waals surface area contributed by atoms with Crippen LogP contribution < -0.4 is 19.1 Å². The van der Waals surface area contributed by atoms with Gasteiger partial charge in [0.15, 0.2) is 11.5 Å². The van der Waals surface area contributed by atoms with Crippen molar-refractivity contribution in [1.82, 2.24) is 4.90 Å². The van der Waals surface area contributed by atoms with Gasteiger partial charge in [-0.2, -0.15) is 5.26 Å². The zero-order valence-corrected chi connectivity index (χ0v) is 22.2. The fourth-order valence-corrected chi connectivity index (χ4v) is 5.91. The summed E-state index contributed by atoms with van der Waals surface area (Å²) in [6, 6.07) is 25.8. The zero-order valence-electron chi connectivity index (χ0n) is 21.4. The molecule has 2 heterocycles. The van der Waals surface area contributed by atoms with Gasteiger partial charge in [0.2, 0.25) is 5.91 Å². The quantitative estimate of drug-likeness (QED) is 0.361. The Kier molecular flexibility index (Phi) is 7.75. The predicted octanol–water partition coefficient (Wildman–Crippen LogP) is 5.89. The van der Waals surface area contributed by atoms with Gasteiger partial charge < -0.3 is 19.1 Å². The molecule has 3 aromatic carbocycles. The van der Waals surface area contributed by atoms with Gasteiger partial charge in [0.25, 0.3) is 0 Å². The molecule has 0 saturated carbocycles. The third-order valence-electron chi connectivity index (χ3n) is 6.63. The van der Waals surface area contributed by atoms with Crippen molar-refractivity contribution in [1.29, 1.82) is 5.26 Å². The molecule has 1 saturated heterocycles. The smallest absolute Gasteiger partial charge is 0.229 e. The molecule has 0 aromatic heterocycles. The first-order chi connectivity index (χ1) is 18.6. The lowest BCUT2D eigenvalue weighted by atomic mass is 9.86. The molecular weight excluding hydrogens is 498 g/mol. The van der Waals surface area contributed by atoms with Crippen LogP contribution in [0.3, 0.4) is 0 Å². The topological polar surface area (TPSA) is 75.0 Å². The first-order valence-corrected chi connectivity index (χ1v) is 13.5. The van der Waals surface area contributed by atoms with Crippen molar-refractivity contribution in [3.05, 3.63) is 94.5 Å². The van der Waals surface area contributed by atoms with Crippen LogP contribution in [0.5, 0.6) is 17.2 Å². The molecule has 0 aliphatic carbocycles. The maximum absolute atomic E-state index is 13.4. The minimum absolute atomic E-state index is 0.0153. The molecule has 1 atom stereocenters. The number of rotatable bonds is 8. The fraction of sp³-hybridized carbons (Fsp3) is 0.267. The van der Waals surface area contributed by atoms with Gasteiger partial charge in [-0.3, -0.25) is 9.69 Å². The van der Waals surface area contributed by atoms with Gasteiger partial charge in [-0.25, -0.2) is 0 Å². The van der Waals surface area contributed by atoms with Crippen molar-refractivity contribution >= 4 is 23.4 Å². The number of benzene rings is 3. The lowest BCUT2D eigenvalue weighted by Crippen LogP contribution is -2.47. The van der Waals surface area contributed by atoms with Gasteiger partial charge in [0, 0.05) is 12.3 Å². The van der Waals surface area contributed by atoms with E-state index in [9.17, 15) is 10.1 Å². The number of thioether (sulfide) groups is 1. The average molecular weight is 528 g/mol. The minimum Gasteiger partial charge on any atom is -0.493 e. The summed E-state index contributed by atoms with van der Waals surface area (Å²) in [7, 11) is 1.59. The van der Waals surface area contributed by atoms with Crippen LogP contribution in [0.15, 0.2) is 83.4 Å². The van der Waals surface area contributed by atoms with Gasteiger partial charge in [-0.05, 0) is 42.3 Å². The maximum atomic E-state index is 13.4. The Balaban J connectivity index is 1.39. The summed E-state index contributed by atoms with van der Waals surface area (Å²) in [4.78, 5) is 17.2. The second kappa shape index (κ2) is 11.5. The van der Waals surface area contributed by atoms with E-state index in [0.717, 1.165) is 27.6 Å². The largest absolute Gasteiger partial charge is 0.493 e. The van der Waals surface area contributed by atoms with E-state index >= 15 is 0 Å². The number of methoxy groups -OCH3 is 1. The average Bonchev–Trinajstić information content (AvgIpc) is 2.97. The highest BCUT2D eigenvalue weighted by molar-refractivity contribution is 8.03. The molecule has 1 unspecified atom stereocenters. The highest BCUT2D eigenvalue weighted by atomic mass is 32.2. The Morgan fingerprint density at radius 3 is 2.55 bits per heavy atom. The number of amides is 1. The van der Waals surface area contributed by atoms with Crippen LogP contribution in [0.1, 0.15) is 30.4 Å². The van der Waals surface area contributed by atoms with E-state index in [2.05, 4.69) is 11.0 Å². The van der Waals surface area contributed by atoms with Crippen molar-refractivity contribution in [2.75, 3.05) is 31.2 Å². The first-order valence-electron chi connectivity index (χ1n) is 12.5. The predicted molar refractivity (Wildman–Crippen MR) is 148 cm³/mol. The zero-order chi connectivity index (χ0) is 26.5. The summed E-state index contributed by atoms with van der Waals surface area (Å²) in [6.45, 7) is 3.30. The Bertz CT molecular complexity index is 1390. The summed E-state index contributed by atoms with van der Waals surface area (Å²) < 4.78 is 17.4. The maximum Gasteiger partial charge on any atom is 0.229 e. The second-order valence-electron chi connectivity index (χ2n) is 8.95. The monoisotopic (exact) mass is 527 g/mol. The minimum atomic E-state index is -0.342.